The van der Waals surface area contributed by atoms with Crippen LogP contribution in [0.1, 0.15) is 51.5 Å². The quantitative estimate of drug-likeness (QED) is 0.672. The van der Waals surface area contributed by atoms with Gasteiger partial charge in [-0.2, -0.15) is 0 Å². The average molecular weight is 491 g/mol. The van der Waals surface area contributed by atoms with Gasteiger partial charge >= 0.3 is 0 Å². The Kier molecular flexibility index (Phi) is 12.4. The van der Waals surface area contributed by atoms with Crippen LogP contribution in [-0.4, -0.2) is 87.1 Å². The molecule has 35 heavy (non-hydrogen) atoms. The Morgan fingerprint density at radius 2 is 1.80 bits per heavy atom. The zero-order valence-corrected chi connectivity index (χ0v) is 21.7. The molecule has 0 saturated heterocycles. The van der Waals surface area contributed by atoms with Gasteiger partial charge in [0.15, 0.2) is 18.1 Å². The number of hydrogen-bond donors (Lipinski definition) is 2. The number of ether oxygens (including phenoxy) is 2. The predicted molar refractivity (Wildman–Crippen MR) is 136 cm³/mol. The SMILES string of the molecule is CCCN1CCCCN(C)C(=O)[C@H](C)NC(=O)COc2cc(ccc2OC)CCC(=O)NCCC1. The van der Waals surface area contributed by atoms with Crippen LogP contribution >= 0.6 is 0 Å². The van der Waals surface area contributed by atoms with Gasteiger partial charge in [0.1, 0.15) is 6.04 Å². The molecule has 196 valence electrons. The largest absolute Gasteiger partial charge is 0.493 e. The van der Waals surface area contributed by atoms with Crippen LogP contribution in [0.25, 0.3) is 0 Å². The van der Waals surface area contributed by atoms with Crippen LogP contribution in [0.3, 0.4) is 0 Å². The zero-order chi connectivity index (χ0) is 25.6. The first-order chi connectivity index (χ1) is 16.8. The number of carbonyl (C=O) groups excluding carboxylic acids is 3. The molecule has 1 aromatic carbocycles. The molecular weight excluding hydrogens is 448 g/mol. The van der Waals surface area contributed by atoms with Crippen LogP contribution in [0, 0.1) is 0 Å². The van der Waals surface area contributed by atoms with Gasteiger partial charge in [-0.15, -0.1) is 0 Å². The summed E-state index contributed by atoms with van der Waals surface area (Å²) in [6.07, 6.45) is 4.78. The van der Waals surface area contributed by atoms with E-state index in [2.05, 4.69) is 22.5 Å². The lowest BCUT2D eigenvalue weighted by atomic mass is 10.1. The minimum absolute atomic E-state index is 0.0218. The van der Waals surface area contributed by atoms with Crippen molar-refractivity contribution in [2.45, 2.75) is 58.4 Å². The Morgan fingerprint density at radius 1 is 1.06 bits per heavy atom. The third-order valence-electron chi connectivity index (χ3n) is 6.08. The van der Waals surface area contributed by atoms with E-state index in [0.717, 1.165) is 50.9 Å². The summed E-state index contributed by atoms with van der Waals surface area (Å²) in [5.74, 6) is 0.439. The Bertz CT molecular complexity index is 832. The number of nitrogens with zero attached hydrogens (tertiary/aromatic N) is 2. The molecule has 1 atom stereocenters. The van der Waals surface area contributed by atoms with Gasteiger partial charge in [-0.3, -0.25) is 14.4 Å². The summed E-state index contributed by atoms with van der Waals surface area (Å²) < 4.78 is 11.0. The molecule has 1 aliphatic heterocycles. The highest BCUT2D eigenvalue weighted by Gasteiger charge is 2.20. The number of carbonyl (C=O) groups is 3. The molecule has 0 spiro atoms. The number of hydrogen-bond acceptors (Lipinski definition) is 6. The van der Waals surface area contributed by atoms with Crippen LogP contribution in [0.5, 0.6) is 11.5 Å². The van der Waals surface area contributed by atoms with Crippen molar-refractivity contribution in [3.05, 3.63) is 23.8 Å². The van der Waals surface area contributed by atoms with E-state index in [1.807, 2.05) is 6.07 Å². The maximum atomic E-state index is 12.7. The maximum Gasteiger partial charge on any atom is 0.258 e. The molecule has 0 saturated carbocycles. The van der Waals surface area contributed by atoms with Gasteiger partial charge in [0.2, 0.25) is 11.8 Å². The van der Waals surface area contributed by atoms with Crippen molar-refractivity contribution in [3.8, 4) is 11.5 Å². The van der Waals surface area contributed by atoms with Crippen molar-refractivity contribution in [2.75, 3.05) is 53.5 Å². The summed E-state index contributed by atoms with van der Waals surface area (Å²) >= 11 is 0. The van der Waals surface area contributed by atoms with E-state index in [9.17, 15) is 14.4 Å². The number of amides is 3. The normalized spacial score (nSPS) is 20.6. The number of methoxy groups -OCH3 is 1. The standard InChI is InChI=1S/C26H42N4O5/c1-5-14-30-16-7-6-15-29(3)26(33)20(2)28-25(32)19-35-23-18-21(9-11-22(23)34-4)10-12-24(31)27-13-8-17-30/h9,11,18,20H,5-8,10,12-17,19H2,1-4H3,(H,27,31)(H,28,32)/t20-/m0/s1. The fourth-order valence-corrected chi connectivity index (χ4v) is 4.13. The van der Waals surface area contributed by atoms with Crippen molar-refractivity contribution in [2.24, 2.45) is 0 Å². The van der Waals surface area contributed by atoms with Crippen molar-refractivity contribution in [3.63, 3.8) is 0 Å². The van der Waals surface area contributed by atoms with Crippen molar-refractivity contribution < 1.29 is 23.9 Å². The van der Waals surface area contributed by atoms with Gasteiger partial charge in [0.25, 0.3) is 5.91 Å². The molecular formula is C26H42N4O5. The van der Waals surface area contributed by atoms with E-state index in [-0.39, 0.29) is 24.3 Å². The van der Waals surface area contributed by atoms with E-state index in [1.165, 1.54) is 7.11 Å². The van der Waals surface area contributed by atoms with Gasteiger partial charge in [-0.25, -0.2) is 0 Å². The first-order valence-corrected chi connectivity index (χ1v) is 12.7. The van der Waals surface area contributed by atoms with Crippen LogP contribution in [0.4, 0.5) is 0 Å². The highest BCUT2D eigenvalue weighted by Crippen LogP contribution is 2.28. The number of benzene rings is 1. The van der Waals surface area contributed by atoms with Crippen LogP contribution in [0.2, 0.25) is 0 Å². The predicted octanol–water partition coefficient (Wildman–Crippen LogP) is 1.98. The van der Waals surface area contributed by atoms with Gasteiger partial charge in [0.05, 0.1) is 7.11 Å². The molecule has 0 aliphatic carbocycles. The fourth-order valence-electron chi connectivity index (χ4n) is 4.13. The van der Waals surface area contributed by atoms with E-state index in [1.54, 1.807) is 31.0 Å². The monoisotopic (exact) mass is 490 g/mol. The van der Waals surface area contributed by atoms with Crippen molar-refractivity contribution >= 4 is 17.7 Å². The second kappa shape index (κ2) is 15.2. The van der Waals surface area contributed by atoms with E-state index in [4.69, 9.17) is 9.47 Å². The zero-order valence-electron chi connectivity index (χ0n) is 21.7. The molecule has 2 bridgehead atoms. The molecule has 9 heteroatoms. The van der Waals surface area contributed by atoms with Crippen LogP contribution in [-0.2, 0) is 20.8 Å². The number of likely N-dealkylation sites (N-methyl/N-ethyl adjacent to an activating group) is 1. The molecule has 9 nitrogen and oxygen atoms in total. The smallest absolute Gasteiger partial charge is 0.258 e. The highest BCUT2D eigenvalue weighted by atomic mass is 16.5. The van der Waals surface area contributed by atoms with Crippen molar-refractivity contribution in [1.82, 2.24) is 20.4 Å². The summed E-state index contributed by atoms with van der Waals surface area (Å²) in [7, 11) is 3.30. The lowest BCUT2D eigenvalue weighted by molar-refractivity contribution is -0.135. The van der Waals surface area contributed by atoms with Gasteiger partial charge in [-0.05, 0) is 76.4 Å². The Labute approximate surface area is 209 Å². The summed E-state index contributed by atoms with van der Waals surface area (Å²) in [6, 6.07) is 4.80. The lowest BCUT2D eigenvalue weighted by Crippen LogP contribution is -2.47. The minimum Gasteiger partial charge on any atom is -0.493 e. The van der Waals surface area contributed by atoms with E-state index in [0.29, 0.717) is 37.4 Å². The van der Waals surface area contributed by atoms with E-state index >= 15 is 0 Å². The van der Waals surface area contributed by atoms with Crippen molar-refractivity contribution in [1.29, 1.82) is 0 Å². The second-order valence-corrected chi connectivity index (χ2v) is 9.08. The minimum atomic E-state index is -0.641. The van der Waals surface area contributed by atoms with Crippen LogP contribution < -0.4 is 20.1 Å². The Morgan fingerprint density at radius 3 is 2.54 bits per heavy atom. The van der Waals surface area contributed by atoms with Crippen LogP contribution in [0.15, 0.2) is 18.2 Å². The molecule has 3 amide bonds. The molecule has 1 aromatic rings. The first kappa shape index (κ1) is 28.4. The van der Waals surface area contributed by atoms with Gasteiger partial charge in [-0.1, -0.05) is 13.0 Å². The molecule has 1 heterocycles. The summed E-state index contributed by atoms with van der Waals surface area (Å²) in [5.41, 5.74) is 0.915. The number of fused-ring (bicyclic) bond motifs is 2. The second-order valence-electron chi connectivity index (χ2n) is 9.08. The topological polar surface area (TPSA) is 100 Å². The molecule has 0 unspecified atom stereocenters. The molecule has 0 aromatic heterocycles. The molecule has 2 rings (SSSR count). The molecule has 1 aliphatic rings. The van der Waals surface area contributed by atoms with E-state index < -0.39 is 6.04 Å². The highest BCUT2D eigenvalue weighted by molar-refractivity contribution is 5.87. The maximum absolute atomic E-state index is 12.7. The molecule has 0 fully saturated rings. The number of aryl methyl sites for hydroxylation is 1. The summed E-state index contributed by atoms with van der Waals surface area (Å²) in [6.45, 7) is 7.82. The number of nitrogens with one attached hydrogen (secondary N) is 2. The fraction of sp³-hybridized carbons (Fsp3) is 0.654. The Balaban J connectivity index is 2.08. The summed E-state index contributed by atoms with van der Waals surface area (Å²) in [5, 5.41) is 5.73. The average Bonchev–Trinajstić information content (AvgIpc) is 2.85. The third kappa shape index (κ3) is 10.1. The Hall–Kier alpha value is -2.81. The first-order valence-electron chi connectivity index (χ1n) is 12.7. The van der Waals surface area contributed by atoms with Gasteiger partial charge in [0, 0.05) is 26.6 Å². The number of rotatable bonds is 3. The van der Waals surface area contributed by atoms with Gasteiger partial charge < -0.3 is 29.9 Å². The lowest BCUT2D eigenvalue weighted by Gasteiger charge is -2.24. The molecule has 2 N–H and O–H groups in total. The molecule has 0 radical (unpaired) electrons. The third-order valence-corrected chi connectivity index (χ3v) is 6.08. The summed E-state index contributed by atoms with van der Waals surface area (Å²) in [4.78, 5) is 41.5.